The minimum atomic E-state index is -3.26. The molecule has 0 fully saturated rings. The van der Waals surface area contributed by atoms with E-state index in [2.05, 4.69) is 10.1 Å². The maximum absolute atomic E-state index is 13.7. The Kier molecular flexibility index (Phi) is 4.54. The Bertz CT molecular complexity index is 998. The molecule has 0 aliphatic heterocycles. The molecule has 0 aliphatic carbocycles. The summed E-state index contributed by atoms with van der Waals surface area (Å²) in [6.45, 7) is 0. The Morgan fingerprint density at radius 1 is 1.16 bits per heavy atom. The summed E-state index contributed by atoms with van der Waals surface area (Å²) in [6.07, 6.45) is 1.44. The second-order valence-corrected chi connectivity index (χ2v) is 7.47. The van der Waals surface area contributed by atoms with E-state index in [1.807, 2.05) is 0 Å². The van der Waals surface area contributed by atoms with Crippen LogP contribution in [0.25, 0.3) is 11.5 Å². The first-order chi connectivity index (χ1) is 11.9. The second kappa shape index (κ2) is 6.64. The summed E-state index contributed by atoms with van der Waals surface area (Å²) in [4.78, 5) is 4.47. The molecule has 0 unspecified atom stereocenters. The topological polar surface area (TPSA) is 82.3 Å². The smallest absolute Gasteiger partial charge is 0.257 e. The van der Waals surface area contributed by atoms with Crippen molar-refractivity contribution < 1.29 is 22.1 Å². The highest BCUT2D eigenvalue weighted by molar-refractivity contribution is 7.90. The van der Waals surface area contributed by atoms with Gasteiger partial charge in [-0.2, -0.15) is 4.98 Å². The van der Waals surface area contributed by atoms with Gasteiger partial charge in [0.15, 0.2) is 27.2 Å². The van der Waals surface area contributed by atoms with Gasteiger partial charge in [0, 0.05) is 18.2 Å². The SMILES string of the molecule is COc1ccc(Cc2noc(-c3ccc(S(C)(=O)=O)cc3)n2)cc1F. The molecule has 0 radical (unpaired) electrons. The van der Waals surface area contributed by atoms with E-state index in [0.717, 1.165) is 6.26 Å². The summed E-state index contributed by atoms with van der Waals surface area (Å²) in [7, 11) is -1.86. The minimum absolute atomic E-state index is 0.170. The predicted molar refractivity (Wildman–Crippen MR) is 88.6 cm³/mol. The minimum Gasteiger partial charge on any atom is -0.494 e. The summed E-state index contributed by atoms with van der Waals surface area (Å²) < 4.78 is 46.7. The van der Waals surface area contributed by atoms with Crippen LogP contribution in [0.15, 0.2) is 51.9 Å². The molecule has 3 rings (SSSR count). The van der Waals surface area contributed by atoms with Crippen LogP contribution >= 0.6 is 0 Å². The lowest BCUT2D eigenvalue weighted by Gasteiger charge is -2.03. The van der Waals surface area contributed by atoms with Gasteiger partial charge in [-0.25, -0.2) is 12.8 Å². The fourth-order valence-electron chi connectivity index (χ4n) is 2.29. The van der Waals surface area contributed by atoms with Crippen molar-refractivity contribution in [3.63, 3.8) is 0 Å². The quantitative estimate of drug-likeness (QED) is 0.694. The summed E-state index contributed by atoms with van der Waals surface area (Å²) in [5, 5.41) is 3.87. The molecule has 0 spiro atoms. The van der Waals surface area contributed by atoms with E-state index in [1.165, 1.54) is 31.4 Å². The van der Waals surface area contributed by atoms with E-state index in [4.69, 9.17) is 9.26 Å². The van der Waals surface area contributed by atoms with E-state index >= 15 is 0 Å². The zero-order valence-corrected chi connectivity index (χ0v) is 14.4. The largest absolute Gasteiger partial charge is 0.494 e. The first kappa shape index (κ1) is 17.1. The molecular weight excluding hydrogens is 347 g/mol. The maximum Gasteiger partial charge on any atom is 0.257 e. The number of benzene rings is 2. The van der Waals surface area contributed by atoms with Gasteiger partial charge in [0.2, 0.25) is 0 Å². The van der Waals surface area contributed by atoms with Crippen LogP contribution in [0.1, 0.15) is 11.4 Å². The number of nitrogens with zero attached hydrogens (tertiary/aromatic N) is 2. The van der Waals surface area contributed by atoms with Crippen molar-refractivity contribution in [1.29, 1.82) is 0 Å². The summed E-state index contributed by atoms with van der Waals surface area (Å²) >= 11 is 0. The van der Waals surface area contributed by atoms with E-state index in [-0.39, 0.29) is 16.5 Å². The number of hydrogen-bond acceptors (Lipinski definition) is 6. The average molecular weight is 362 g/mol. The zero-order chi connectivity index (χ0) is 18.0. The summed E-state index contributed by atoms with van der Waals surface area (Å²) in [5.41, 5.74) is 1.28. The molecule has 130 valence electrons. The van der Waals surface area contributed by atoms with Gasteiger partial charge in [-0.15, -0.1) is 0 Å². The number of hydrogen-bond donors (Lipinski definition) is 0. The van der Waals surface area contributed by atoms with Gasteiger partial charge in [-0.1, -0.05) is 11.2 Å². The molecule has 1 heterocycles. The Hall–Kier alpha value is -2.74. The van der Waals surface area contributed by atoms with Gasteiger partial charge >= 0.3 is 0 Å². The number of ether oxygens (including phenoxy) is 1. The molecule has 0 N–H and O–H groups in total. The molecule has 1 aromatic heterocycles. The summed E-state index contributed by atoms with van der Waals surface area (Å²) in [5.74, 6) is 0.374. The Balaban J connectivity index is 1.79. The van der Waals surface area contributed by atoms with E-state index in [0.29, 0.717) is 23.4 Å². The van der Waals surface area contributed by atoms with Crippen LogP contribution in [0, 0.1) is 5.82 Å². The maximum atomic E-state index is 13.7. The molecule has 3 aromatic rings. The molecular formula is C17H15FN2O4S. The van der Waals surface area contributed by atoms with E-state index in [1.54, 1.807) is 18.2 Å². The zero-order valence-electron chi connectivity index (χ0n) is 13.6. The van der Waals surface area contributed by atoms with Crippen molar-refractivity contribution in [3.05, 3.63) is 59.7 Å². The van der Waals surface area contributed by atoms with Crippen LogP contribution in [0.4, 0.5) is 4.39 Å². The van der Waals surface area contributed by atoms with Crippen LogP contribution in [0.5, 0.6) is 5.75 Å². The normalized spacial score (nSPS) is 11.5. The third-order valence-corrected chi connectivity index (χ3v) is 4.70. The number of aromatic nitrogens is 2. The van der Waals surface area contributed by atoms with Crippen LogP contribution in [-0.2, 0) is 16.3 Å². The molecule has 0 amide bonds. The fourth-order valence-corrected chi connectivity index (χ4v) is 2.92. The molecule has 2 aromatic carbocycles. The lowest BCUT2D eigenvalue weighted by atomic mass is 10.1. The highest BCUT2D eigenvalue weighted by atomic mass is 32.2. The highest BCUT2D eigenvalue weighted by Gasteiger charge is 2.13. The third kappa shape index (κ3) is 3.85. The number of rotatable bonds is 5. The number of sulfone groups is 1. The molecule has 25 heavy (non-hydrogen) atoms. The van der Waals surface area contributed by atoms with E-state index < -0.39 is 15.7 Å². The number of methoxy groups -OCH3 is 1. The van der Waals surface area contributed by atoms with Crippen LogP contribution in [-0.4, -0.2) is 31.9 Å². The molecule has 8 heteroatoms. The van der Waals surface area contributed by atoms with Crippen molar-refractivity contribution in [3.8, 4) is 17.2 Å². The lowest BCUT2D eigenvalue weighted by Crippen LogP contribution is -1.96. The van der Waals surface area contributed by atoms with Gasteiger partial charge in [-0.05, 0) is 42.0 Å². The predicted octanol–water partition coefficient (Wildman–Crippen LogP) is 2.88. The second-order valence-electron chi connectivity index (χ2n) is 5.46. The first-order valence-corrected chi connectivity index (χ1v) is 9.21. The Morgan fingerprint density at radius 3 is 2.48 bits per heavy atom. The van der Waals surface area contributed by atoms with E-state index in [9.17, 15) is 12.8 Å². The molecule has 0 aliphatic rings. The van der Waals surface area contributed by atoms with Crippen LogP contribution in [0.2, 0.25) is 0 Å². The Labute approximate surface area is 144 Å². The standard InChI is InChI=1S/C17H15FN2O4S/c1-23-15-8-3-11(9-14(15)18)10-16-19-17(24-20-16)12-4-6-13(7-5-12)25(2,21)22/h3-9H,10H2,1-2H3. The van der Waals surface area contributed by atoms with Crippen molar-refractivity contribution in [2.45, 2.75) is 11.3 Å². The van der Waals surface area contributed by atoms with Crippen molar-refractivity contribution in [1.82, 2.24) is 10.1 Å². The monoisotopic (exact) mass is 362 g/mol. The number of halogens is 1. The van der Waals surface area contributed by atoms with Gasteiger partial charge in [0.25, 0.3) is 5.89 Å². The van der Waals surface area contributed by atoms with Gasteiger partial charge < -0.3 is 9.26 Å². The lowest BCUT2D eigenvalue weighted by molar-refractivity contribution is 0.386. The highest BCUT2D eigenvalue weighted by Crippen LogP contribution is 2.22. The molecule has 0 atom stereocenters. The molecule has 0 bridgehead atoms. The Morgan fingerprint density at radius 2 is 1.88 bits per heavy atom. The fraction of sp³-hybridized carbons (Fsp3) is 0.176. The van der Waals surface area contributed by atoms with Crippen LogP contribution in [0.3, 0.4) is 0 Å². The van der Waals surface area contributed by atoms with Gasteiger partial charge in [-0.3, -0.25) is 0 Å². The van der Waals surface area contributed by atoms with Crippen molar-refractivity contribution >= 4 is 9.84 Å². The van der Waals surface area contributed by atoms with Crippen molar-refractivity contribution in [2.24, 2.45) is 0 Å². The molecule has 0 saturated heterocycles. The third-order valence-electron chi connectivity index (χ3n) is 3.58. The van der Waals surface area contributed by atoms with Crippen LogP contribution < -0.4 is 4.74 Å². The summed E-state index contributed by atoms with van der Waals surface area (Å²) in [6, 6.07) is 10.8. The molecule has 0 saturated carbocycles. The van der Waals surface area contributed by atoms with Crippen molar-refractivity contribution in [2.75, 3.05) is 13.4 Å². The van der Waals surface area contributed by atoms with Gasteiger partial charge in [0.05, 0.1) is 12.0 Å². The van der Waals surface area contributed by atoms with Gasteiger partial charge in [0.1, 0.15) is 0 Å². The average Bonchev–Trinajstić information content (AvgIpc) is 3.03. The first-order valence-electron chi connectivity index (χ1n) is 7.32. The molecule has 6 nitrogen and oxygen atoms in total.